The minimum atomic E-state index is -0.187. The highest BCUT2D eigenvalue weighted by Gasteiger charge is 1.98. The normalized spacial score (nSPS) is 9.83. The van der Waals surface area contributed by atoms with Crippen LogP contribution in [0.1, 0.15) is 6.42 Å². The molecule has 0 atom stereocenters. The third kappa shape index (κ3) is 7.46. The number of hydrogen-bond acceptors (Lipinski definition) is 4. The quantitative estimate of drug-likeness (QED) is 0.429. The van der Waals surface area contributed by atoms with Gasteiger partial charge < -0.3 is 9.47 Å². The number of rotatable bonds is 7. The largest absolute Gasteiger partial charge is 0.384 e. The SMILES string of the molecule is COCCONC(=O)CCOC. The lowest BCUT2D eigenvalue weighted by molar-refractivity contribution is -0.135. The van der Waals surface area contributed by atoms with E-state index in [9.17, 15) is 4.79 Å². The van der Waals surface area contributed by atoms with Crippen molar-refractivity contribution in [2.24, 2.45) is 0 Å². The van der Waals surface area contributed by atoms with Gasteiger partial charge in [0.1, 0.15) is 0 Å². The maximum Gasteiger partial charge on any atom is 0.245 e. The molecule has 0 saturated heterocycles. The molecule has 0 aromatic carbocycles. The molecule has 0 aliphatic rings. The van der Waals surface area contributed by atoms with Gasteiger partial charge in [0.25, 0.3) is 0 Å². The van der Waals surface area contributed by atoms with Crippen molar-refractivity contribution in [3.05, 3.63) is 0 Å². The van der Waals surface area contributed by atoms with Gasteiger partial charge in [-0.1, -0.05) is 0 Å². The summed E-state index contributed by atoms with van der Waals surface area (Å²) in [5.74, 6) is -0.187. The van der Waals surface area contributed by atoms with Gasteiger partial charge >= 0.3 is 0 Å². The van der Waals surface area contributed by atoms with Crippen LogP contribution in [0.4, 0.5) is 0 Å². The lowest BCUT2D eigenvalue weighted by Crippen LogP contribution is -2.26. The Balaban J connectivity index is 3.08. The van der Waals surface area contributed by atoms with Gasteiger partial charge in [0, 0.05) is 14.2 Å². The highest BCUT2D eigenvalue weighted by atomic mass is 16.7. The predicted molar refractivity (Wildman–Crippen MR) is 42.5 cm³/mol. The van der Waals surface area contributed by atoms with E-state index in [0.717, 1.165) is 0 Å². The molecule has 5 nitrogen and oxygen atoms in total. The number of nitrogens with one attached hydrogen (secondary N) is 1. The molecule has 72 valence electrons. The third-order valence-electron chi connectivity index (χ3n) is 1.11. The number of hydrogen-bond donors (Lipinski definition) is 1. The zero-order valence-electron chi connectivity index (χ0n) is 7.46. The molecule has 1 N–H and O–H groups in total. The molecule has 12 heavy (non-hydrogen) atoms. The van der Waals surface area contributed by atoms with E-state index in [4.69, 9.17) is 14.3 Å². The van der Waals surface area contributed by atoms with Crippen LogP contribution in [0.15, 0.2) is 0 Å². The van der Waals surface area contributed by atoms with Crippen molar-refractivity contribution in [3.63, 3.8) is 0 Å². The monoisotopic (exact) mass is 177 g/mol. The van der Waals surface area contributed by atoms with Gasteiger partial charge in [0.05, 0.1) is 26.2 Å². The van der Waals surface area contributed by atoms with Crippen LogP contribution in [0, 0.1) is 0 Å². The molecule has 5 heteroatoms. The van der Waals surface area contributed by atoms with E-state index in [1.807, 2.05) is 0 Å². The van der Waals surface area contributed by atoms with Crippen LogP contribution in [0.5, 0.6) is 0 Å². The van der Waals surface area contributed by atoms with Gasteiger partial charge in [-0.3, -0.25) is 9.63 Å². The Labute approximate surface area is 71.9 Å². The number of carbonyl (C=O) groups excluding carboxylic acids is 1. The third-order valence-corrected chi connectivity index (χ3v) is 1.11. The van der Waals surface area contributed by atoms with Crippen LogP contribution >= 0.6 is 0 Å². The molecule has 0 saturated carbocycles. The predicted octanol–water partition coefficient (Wildman–Crippen LogP) is -0.283. The fourth-order valence-corrected chi connectivity index (χ4v) is 0.502. The Morgan fingerprint density at radius 1 is 1.17 bits per heavy atom. The Bertz CT molecular complexity index is 118. The molecular weight excluding hydrogens is 162 g/mol. The van der Waals surface area contributed by atoms with Crippen molar-refractivity contribution in [3.8, 4) is 0 Å². The number of ether oxygens (including phenoxy) is 2. The summed E-state index contributed by atoms with van der Waals surface area (Å²) in [4.78, 5) is 15.6. The molecule has 0 fully saturated rings. The zero-order chi connectivity index (χ0) is 9.23. The summed E-state index contributed by atoms with van der Waals surface area (Å²) < 4.78 is 9.40. The highest BCUT2D eigenvalue weighted by Crippen LogP contribution is 1.80. The van der Waals surface area contributed by atoms with Crippen molar-refractivity contribution < 1.29 is 19.1 Å². The van der Waals surface area contributed by atoms with Gasteiger partial charge in [-0.05, 0) is 0 Å². The van der Waals surface area contributed by atoms with Gasteiger partial charge in [-0.25, -0.2) is 5.48 Å². The second kappa shape index (κ2) is 8.45. The van der Waals surface area contributed by atoms with E-state index in [-0.39, 0.29) is 5.91 Å². The van der Waals surface area contributed by atoms with E-state index in [1.54, 1.807) is 14.2 Å². The minimum Gasteiger partial charge on any atom is -0.384 e. The second-order valence-electron chi connectivity index (χ2n) is 2.11. The summed E-state index contributed by atoms with van der Waals surface area (Å²) in [5.41, 5.74) is 2.25. The number of carbonyl (C=O) groups is 1. The molecular formula is C7H15NO4. The molecule has 0 aromatic rings. The summed E-state index contributed by atoms with van der Waals surface area (Å²) in [7, 11) is 3.11. The lowest BCUT2D eigenvalue weighted by Gasteiger charge is -2.04. The highest BCUT2D eigenvalue weighted by molar-refractivity contribution is 5.74. The van der Waals surface area contributed by atoms with Crippen molar-refractivity contribution in [2.45, 2.75) is 6.42 Å². The second-order valence-corrected chi connectivity index (χ2v) is 2.11. The smallest absolute Gasteiger partial charge is 0.245 e. The van der Waals surface area contributed by atoms with E-state index in [2.05, 4.69) is 5.48 Å². The van der Waals surface area contributed by atoms with Crippen LogP contribution in [-0.4, -0.2) is 39.9 Å². The molecule has 0 rings (SSSR count). The Kier molecular flexibility index (Phi) is 7.99. The summed E-state index contributed by atoms with van der Waals surface area (Å²) in [6.07, 6.45) is 0.309. The summed E-state index contributed by atoms with van der Waals surface area (Å²) in [6.45, 7) is 1.22. The maximum atomic E-state index is 10.8. The number of hydroxylamine groups is 1. The van der Waals surface area contributed by atoms with Crippen molar-refractivity contribution in [2.75, 3.05) is 34.0 Å². The van der Waals surface area contributed by atoms with E-state index >= 15 is 0 Å². The Morgan fingerprint density at radius 2 is 1.83 bits per heavy atom. The lowest BCUT2D eigenvalue weighted by atomic mass is 10.4. The first-order valence-electron chi connectivity index (χ1n) is 3.69. The topological polar surface area (TPSA) is 56.8 Å². The standard InChI is InChI=1S/C7H15NO4/c1-10-4-3-7(9)8-12-6-5-11-2/h3-6H2,1-2H3,(H,8,9). The van der Waals surface area contributed by atoms with Crippen LogP contribution in [0.2, 0.25) is 0 Å². The van der Waals surface area contributed by atoms with Crippen LogP contribution in [0.3, 0.4) is 0 Å². The fraction of sp³-hybridized carbons (Fsp3) is 0.857. The molecule has 0 unspecified atom stereocenters. The van der Waals surface area contributed by atoms with E-state index < -0.39 is 0 Å². The Morgan fingerprint density at radius 3 is 2.42 bits per heavy atom. The van der Waals surface area contributed by atoms with Crippen molar-refractivity contribution >= 4 is 5.91 Å². The van der Waals surface area contributed by atoms with E-state index in [0.29, 0.717) is 26.2 Å². The summed E-state index contributed by atoms with van der Waals surface area (Å²) in [5, 5.41) is 0. The first-order chi connectivity index (χ1) is 5.81. The van der Waals surface area contributed by atoms with Gasteiger partial charge in [0.15, 0.2) is 0 Å². The Hall–Kier alpha value is -0.650. The van der Waals surface area contributed by atoms with E-state index in [1.165, 1.54) is 0 Å². The zero-order valence-corrected chi connectivity index (χ0v) is 7.46. The first-order valence-corrected chi connectivity index (χ1v) is 3.69. The molecule has 0 aliphatic heterocycles. The molecule has 0 aromatic heterocycles. The van der Waals surface area contributed by atoms with Gasteiger partial charge in [-0.2, -0.15) is 0 Å². The van der Waals surface area contributed by atoms with Crippen LogP contribution < -0.4 is 5.48 Å². The first kappa shape index (κ1) is 11.4. The average Bonchev–Trinajstić information content (AvgIpc) is 2.09. The molecule has 0 aliphatic carbocycles. The minimum absolute atomic E-state index is 0.187. The molecule has 0 radical (unpaired) electrons. The van der Waals surface area contributed by atoms with Crippen LogP contribution in [-0.2, 0) is 19.1 Å². The van der Waals surface area contributed by atoms with Crippen molar-refractivity contribution in [1.82, 2.24) is 5.48 Å². The van der Waals surface area contributed by atoms with Gasteiger partial charge in [0.2, 0.25) is 5.91 Å². The number of methoxy groups -OCH3 is 2. The number of amides is 1. The molecule has 0 bridgehead atoms. The average molecular weight is 177 g/mol. The molecule has 0 heterocycles. The van der Waals surface area contributed by atoms with Gasteiger partial charge in [-0.15, -0.1) is 0 Å². The summed E-state index contributed by atoms with van der Waals surface area (Å²) >= 11 is 0. The van der Waals surface area contributed by atoms with Crippen LogP contribution in [0.25, 0.3) is 0 Å². The fourth-order valence-electron chi connectivity index (χ4n) is 0.502. The van der Waals surface area contributed by atoms with Crippen molar-refractivity contribution in [1.29, 1.82) is 0 Å². The molecule has 0 spiro atoms. The molecule has 1 amide bonds. The maximum absolute atomic E-state index is 10.8. The summed E-state index contributed by atoms with van der Waals surface area (Å²) in [6, 6.07) is 0.